The zero-order valence-electron chi connectivity index (χ0n) is 16.3. The van der Waals surface area contributed by atoms with E-state index in [2.05, 4.69) is 18.7 Å². The Morgan fingerprint density at radius 2 is 1.59 bits per heavy atom. The maximum absolute atomic E-state index is 15.5. The van der Waals surface area contributed by atoms with Crippen LogP contribution in [0.4, 0.5) is 4.39 Å². The lowest BCUT2D eigenvalue weighted by atomic mass is 9.91. The Bertz CT molecular complexity index is 746. The fraction of sp³-hybridized carbons (Fsp3) is 0.500. The predicted molar refractivity (Wildman–Crippen MR) is 108 cm³/mol. The highest BCUT2D eigenvalue weighted by Crippen LogP contribution is 2.48. The highest BCUT2D eigenvalue weighted by molar-refractivity contribution is 5.29. The van der Waals surface area contributed by atoms with Crippen LogP contribution in [0.2, 0.25) is 0 Å². The molecule has 27 heavy (non-hydrogen) atoms. The van der Waals surface area contributed by atoms with E-state index in [1.165, 1.54) is 5.56 Å². The molecule has 1 saturated carbocycles. The van der Waals surface area contributed by atoms with Gasteiger partial charge in [0.05, 0.1) is 0 Å². The van der Waals surface area contributed by atoms with Crippen LogP contribution in [0, 0.1) is 11.8 Å². The number of phenolic OH excluding ortho intramolecular Hbond substituents is 1. The molecular formula is C24H30FNO. The molecule has 1 saturated heterocycles. The van der Waals surface area contributed by atoms with Crippen molar-refractivity contribution in [3.8, 4) is 5.75 Å². The van der Waals surface area contributed by atoms with E-state index in [0.29, 0.717) is 48.8 Å². The van der Waals surface area contributed by atoms with Crippen molar-refractivity contribution < 1.29 is 9.50 Å². The summed E-state index contributed by atoms with van der Waals surface area (Å²) >= 11 is 0. The lowest BCUT2D eigenvalue weighted by Gasteiger charge is -2.32. The van der Waals surface area contributed by atoms with E-state index < -0.39 is 5.67 Å². The number of aromatic hydroxyl groups is 1. The first-order valence-corrected chi connectivity index (χ1v) is 10.2. The van der Waals surface area contributed by atoms with E-state index in [4.69, 9.17) is 0 Å². The van der Waals surface area contributed by atoms with E-state index in [9.17, 15) is 5.11 Å². The molecule has 4 rings (SSSR count). The van der Waals surface area contributed by atoms with E-state index in [0.717, 1.165) is 18.7 Å². The quantitative estimate of drug-likeness (QED) is 0.787. The molecule has 4 unspecified atom stereocenters. The Balaban J connectivity index is 1.37. The second-order valence-corrected chi connectivity index (χ2v) is 8.82. The van der Waals surface area contributed by atoms with Crippen molar-refractivity contribution in [2.75, 3.05) is 13.1 Å². The second-order valence-electron chi connectivity index (χ2n) is 8.82. The minimum absolute atomic E-state index is 0.312. The van der Waals surface area contributed by atoms with Gasteiger partial charge in [-0.2, -0.15) is 0 Å². The Morgan fingerprint density at radius 3 is 2.19 bits per heavy atom. The van der Waals surface area contributed by atoms with Crippen LogP contribution in [0.25, 0.3) is 0 Å². The first-order chi connectivity index (χ1) is 12.9. The summed E-state index contributed by atoms with van der Waals surface area (Å²) in [6.07, 6.45) is 1.95. The fourth-order valence-electron chi connectivity index (χ4n) is 5.27. The third kappa shape index (κ3) is 3.89. The molecule has 1 N–H and O–H groups in total. The van der Waals surface area contributed by atoms with Gasteiger partial charge in [0.1, 0.15) is 11.4 Å². The van der Waals surface area contributed by atoms with Gasteiger partial charge >= 0.3 is 0 Å². The zero-order valence-corrected chi connectivity index (χ0v) is 16.3. The number of nitrogens with zero attached hydrogens (tertiary/aromatic N) is 1. The molecule has 1 aliphatic carbocycles. The van der Waals surface area contributed by atoms with Gasteiger partial charge in [0, 0.05) is 25.6 Å². The molecule has 0 aromatic heterocycles. The third-order valence-electron chi connectivity index (χ3n) is 6.94. The van der Waals surface area contributed by atoms with Gasteiger partial charge < -0.3 is 5.11 Å². The number of alkyl halides is 1. The SMILES string of the molecule is CC(c1ccc(O)cc1)C(C)N1CC2CC(F)(Cc3ccccc3)CC2C1. The van der Waals surface area contributed by atoms with Crippen LogP contribution in [0.1, 0.15) is 43.7 Å². The van der Waals surface area contributed by atoms with Crippen molar-refractivity contribution in [3.63, 3.8) is 0 Å². The smallest absolute Gasteiger partial charge is 0.115 e. The molecule has 2 aromatic carbocycles. The van der Waals surface area contributed by atoms with E-state index in [1.54, 1.807) is 12.1 Å². The average molecular weight is 368 g/mol. The molecule has 144 valence electrons. The van der Waals surface area contributed by atoms with E-state index in [1.807, 2.05) is 42.5 Å². The third-order valence-corrected chi connectivity index (χ3v) is 6.94. The van der Waals surface area contributed by atoms with Crippen LogP contribution in [0.5, 0.6) is 5.75 Å². The molecule has 3 heteroatoms. The topological polar surface area (TPSA) is 23.5 Å². The van der Waals surface area contributed by atoms with Crippen molar-refractivity contribution in [3.05, 3.63) is 65.7 Å². The Morgan fingerprint density at radius 1 is 1.00 bits per heavy atom. The molecule has 0 spiro atoms. The lowest BCUT2D eigenvalue weighted by Crippen LogP contribution is -2.37. The maximum atomic E-state index is 15.5. The number of likely N-dealkylation sites (tertiary alicyclic amines) is 1. The number of rotatable bonds is 5. The van der Waals surface area contributed by atoms with Crippen molar-refractivity contribution >= 4 is 0 Å². The summed E-state index contributed by atoms with van der Waals surface area (Å²) < 4.78 is 15.5. The maximum Gasteiger partial charge on any atom is 0.115 e. The summed E-state index contributed by atoms with van der Waals surface area (Å²) in [5.74, 6) is 1.66. The van der Waals surface area contributed by atoms with Gasteiger partial charge in [0.2, 0.25) is 0 Å². The Kier molecular flexibility index (Phi) is 4.98. The lowest BCUT2D eigenvalue weighted by molar-refractivity contribution is 0.135. The van der Waals surface area contributed by atoms with Crippen LogP contribution in [-0.4, -0.2) is 34.8 Å². The summed E-state index contributed by atoms with van der Waals surface area (Å²) in [5.41, 5.74) is 1.33. The van der Waals surface area contributed by atoms with E-state index >= 15 is 4.39 Å². The van der Waals surface area contributed by atoms with Crippen molar-refractivity contribution in [2.45, 2.75) is 50.7 Å². The van der Waals surface area contributed by atoms with Gasteiger partial charge in [-0.15, -0.1) is 0 Å². The van der Waals surface area contributed by atoms with E-state index in [-0.39, 0.29) is 0 Å². The fourth-order valence-corrected chi connectivity index (χ4v) is 5.27. The molecular weight excluding hydrogens is 337 g/mol. The summed E-state index contributed by atoms with van der Waals surface area (Å²) in [6.45, 7) is 6.55. The van der Waals surface area contributed by atoms with Gasteiger partial charge in [0.25, 0.3) is 0 Å². The van der Waals surface area contributed by atoms with Gasteiger partial charge in [-0.05, 0) is 60.8 Å². The molecule has 2 aromatic rings. The average Bonchev–Trinajstić information content (AvgIpc) is 3.16. The number of hydrogen-bond acceptors (Lipinski definition) is 2. The number of halogens is 1. The molecule has 2 fully saturated rings. The summed E-state index contributed by atoms with van der Waals surface area (Å²) in [7, 11) is 0. The molecule has 4 atom stereocenters. The van der Waals surface area contributed by atoms with Crippen LogP contribution in [-0.2, 0) is 6.42 Å². The second kappa shape index (κ2) is 7.27. The van der Waals surface area contributed by atoms with Crippen molar-refractivity contribution in [1.29, 1.82) is 0 Å². The van der Waals surface area contributed by atoms with Crippen LogP contribution in [0.15, 0.2) is 54.6 Å². The number of hydrogen-bond donors (Lipinski definition) is 1. The van der Waals surface area contributed by atoms with Gasteiger partial charge in [0.15, 0.2) is 0 Å². The first kappa shape index (κ1) is 18.5. The van der Waals surface area contributed by atoms with Gasteiger partial charge in [-0.25, -0.2) is 4.39 Å². The van der Waals surface area contributed by atoms with Crippen molar-refractivity contribution in [1.82, 2.24) is 4.90 Å². The summed E-state index contributed by atoms with van der Waals surface area (Å²) in [5, 5.41) is 9.51. The van der Waals surface area contributed by atoms with Gasteiger partial charge in [-0.3, -0.25) is 4.90 Å². The first-order valence-electron chi connectivity index (χ1n) is 10.2. The molecule has 0 radical (unpaired) electrons. The zero-order chi connectivity index (χ0) is 19.0. The number of fused-ring (bicyclic) bond motifs is 1. The minimum atomic E-state index is -1.03. The Labute approximate surface area is 162 Å². The normalized spacial score (nSPS) is 30.2. The number of phenols is 1. The molecule has 1 heterocycles. The largest absolute Gasteiger partial charge is 0.508 e. The van der Waals surface area contributed by atoms with Crippen LogP contribution < -0.4 is 0 Å². The monoisotopic (exact) mass is 367 g/mol. The van der Waals surface area contributed by atoms with Gasteiger partial charge in [-0.1, -0.05) is 49.4 Å². The highest BCUT2D eigenvalue weighted by Gasteiger charge is 2.50. The van der Waals surface area contributed by atoms with Crippen LogP contribution >= 0.6 is 0 Å². The standard InChI is InChI=1S/C24H30FNO/c1-17(20-8-10-23(27)11-9-20)18(2)26-15-21-13-24(25,14-22(21)16-26)12-19-6-4-3-5-7-19/h3-11,17-18,21-22,27H,12-16H2,1-2H3. The molecule has 2 nitrogen and oxygen atoms in total. The Hall–Kier alpha value is -1.87. The molecule has 2 aliphatic rings. The summed E-state index contributed by atoms with van der Waals surface area (Å²) in [4.78, 5) is 2.55. The minimum Gasteiger partial charge on any atom is -0.508 e. The predicted octanol–water partition coefficient (Wildman–Crippen LogP) is 5.18. The highest BCUT2D eigenvalue weighted by atomic mass is 19.1. The molecule has 0 bridgehead atoms. The molecule has 1 aliphatic heterocycles. The summed E-state index contributed by atoms with van der Waals surface area (Å²) in [6, 6.07) is 18.1. The number of benzene rings is 2. The van der Waals surface area contributed by atoms with Crippen molar-refractivity contribution in [2.24, 2.45) is 11.8 Å². The molecule has 0 amide bonds. The van der Waals surface area contributed by atoms with Crippen LogP contribution in [0.3, 0.4) is 0 Å².